The zero-order chi connectivity index (χ0) is 9.78. The Morgan fingerprint density at radius 2 is 2.08 bits per heavy atom. The maximum atomic E-state index is 10.5. The van der Waals surface area contributed by atoms with Crippen LogP contribution in [0.4, 0.5) is 0 Å². The van der Waals surface area contributed by atoms with Crippen molar-refractivity contribution in [3.63, 3.8) is 0 Å². The fraction of sp³-hybridized carbons (Fsp3) is 0.833. The Bertz CT molecular complexity index is 243. The van der Waals surface area contributed by atoms with Crippen LogP contribution < -0.4 is 0 Å². The second-order valence-corrected chi connectivity index (χ2v) is 4.02. The fourth-order valence-corrected chi connectivity index (χ4v) is 1.29. The molecule has 0 aliphatic rings. The van der Waals surface area contributed by atoms with Gasteiger partial charge in [0, 0.05) is 0 Å². The molecule has 0 aromatic heterocycles. The lowest BCUT2D eigenvalue weighted by atomic mass is 10.2. The first-order chi connectivity index (χ1) is 5.37. The molecule has 0 spiro atoms. The number of hydrogen-bond donors (Lipinski definition) is 1. The van der Waals surface area contributed by atoms with Crippen molar-refractivity contribution in [3.05, 3.63) is 0 Å². The maximum Gasteiger partial charge on any atom is 0.334 e. The van der Waals surface area contributed by atoms with E-state index in [0.717, 1.165) is 6.26 Å². The molecule has 0 aromatic rings. The number of rotatable bonds is 5. The summed E-state index contributed by atoms with van der Waals surface area (Å²) in [6, 6.07) is 0. The predicted octanol–water partition coefficient (Wildman–Crippen LogP) is 0.216. The molecule has 1 N–H and O–H groups in total. The van der Waals surface area contributed by atoms with Gasteiger partial charge in [0.1, 0.15) is 0 Å². The van der Waals surface area contributed by atoms with Crippen LogP contribution >= 0.6 is 0 Å². The van der Waals surface area contributed by atoms with Gasteiger partial charge >= 0.3 is 5.97 Å². The average Bonchev–Trinajstić information content (AvgIpc) is 1.83. The van der Waals surface area contributed by atoms with Crippen LogP contribution in [0.2, 0.25) is 0 Å². The quantitative estimate of drug-likeness (QED) is 0.636. The van der Waals surface area contributed by atoms with Crippen molar-refractivity contribution in [1.29, 1.82) is 0 Å². The van der Waals surface area contributed by atoms with E-state index < -0.39 is 22.2 Å². The molecule has 0 amide bonds. The molecule has 12 heavy (non-hydrogen) atoms. The van der Waals surface area contributed by atoms with Crippen LogP contribution in [-0.2, 0) is 19.1 Å². The minimum absolute atomic E-state index is 0.197. The molecule has 0 bridgehead atoms. The highest BCUT2D eigenvalue weighted by Gasteiger charge is 2.21. The molecule has 6 heteroatoms. The van der Waals surface area contributed by atoms with E-state index in [1.807, 2.05) is 0 Å². The second kappa shape index (κ2) is 4.42. The lowest BCUT2D eigenvalue weighted by molar-refractivity contribution is -0.145. The predicted molar refractivity (Wildman–Crippen MR) is 42.3 cm³/mol. The van der Waals surface area contributed by atoms with E-state index in [0.29, 0.717) is 6.42 Å². The summed E-state index contributed by atoms with van der Waals surface area (Å²) in [6.07, 6.45) is 0.345. The Morgan fingerprint density at radius 3 is 2.33 bits per heavy atom. The second-order valence-electron chi connectivity index (χ2n) is 2.42. The van der Waals surface area contributed by atoms with E-state index in [1.54, 1.807) is 6.92 Å². The topological polar surface area (TPSA) is 80.7 Å². The first kappa shape index (κ1) is 11.4. The fourth-order valence-electron chi connectivity index (χ4n) is 0.686. The highest BCUT2D eigenvalue weighted by molar-refractivity contribution is 7.86. The summed E-state index contributed by atoms with van der Waals surface area (Å²) in [6.45, 7) is 1.75. The lowest BCUT2D eigenvalue weighted by Crippen LogP contribution is -2.26. The van der Waals surface area contributed by atoms with Crippen LogP contribution in [0.25, 0.3) is 0 Å². The van der Waals surface area contributed by atoms with Gasteiger partial charge in [0.2, 0.25) is 0 Å². The molecule has 0 saturated carbocycles. The molecule has 0 fully saturated rings. The molecule has 0 aliphatic carbocycles. The van der Waals surface area contributed by atoms with Gasteiger partial charge in [0.05, 0.1) is 6.26 Å². The third kappa shape index (κ3) is 5.09. The molecule has 72 valence electrons. The Hall–Kier alpha value is -0.620. The van der Waals surface area contributed by atoms with Gasteiger partial charge in [-0.1, -0.05) is 13.3 Å². The summed E-state index contributed by atoms with van der Waals surface area (Å²) >= 11 is 0. The summed E-state index contributed by atoms with van der Waals surface area (Å²) in [5, 5.41) is 8.48. The van der Waals surface area contributed by atoms with Crippen LogP contribution in [0, 0.1) is 0 Å². The molecular formula is C6H12O5S. The monoisotopic (exact) mass is 196 g/mol. The van der Waals surface area contributed by atoms with Gasteiger partial charge in [-0.15, -0.1) is 0 Å². The van der Waals surface area contributed by atoms with E-state index in [9.17, 15) is 13.2 Å². The van der Waals surface area contributed by atoms with Gasteiger partial charge in [-0.05, 0) is 6.42 Å². The zero-order valence-corrected chi connectivity index (χ0v) is 7.80. The average molecular weight is 196 g/mol. The Labute approximate surface area is 71.5 Å². The van der Waals surface area contributed by atoms with E-state index >= 15 is 0 Å². The highest BCUT2D eigenvalue weighted by atomic mass is 32.2. The number of carboxylic acids is 1. The molecule has 0 aliphatic heterocycles. The SMILES string of the molecule is CCCC(OS(C)(=O)=O)C(=O)O. The van der Waals surface area contributed by atoms with Crippen LogP contribution in [-0.4, -0.2) is 31.9 Å². The molecule has 1 atom stereocenters. The standard InChI is InChI=1S/C6H12O5S/c1-3-4-5(6(7)8)11-12(2,9)10/h5H,3-4H2,1-2H3,(H,7,8). The van der Waals surface area contributed by atoms with E-state index in [-0.39, 0.29) is 6.42 Å². The molecule has 0 rings (SSSR count). The van der Waals surface area contributed by atoms with Crippen molar-refractivity contribution in [1.82, 2.24) is 0 Å². The summed E-state index contributed by atoms with van der Waals surface area (Å²) in [5.74, 6) is -1.25. The Morgan fingerprint density at radius 1 is 1.58 bits per heavy atom. The summed E-state index contributed by atoms with van der Waals surface area (Å²) < 4.78 is 25.4. The van der Waals surface area contributed by atoms with Crippen LogP contribution in [0.1, 0.15) is 19.8 Å². The van der Waals surface area contributed by atoms with Gasteiger partial charge in [-0.25, -0.2) is 4.79 Å². The van der Waals surface area contributed by atoms with Crippen molar-refractivity contribution < 1.29 is 22.5 Å². The van der Waals surface area contributed by atoms with Crippen molar-refractivity contribution in [2.24, 2.45) is 0 Å². The Kier molecular flexibility index (Phi) is 4.19. The van der Waals surface area contributed by atoms with E-state index in [1.165, 1.54) is 0 Å². The molecule has 5 nitrogen and oxygen atoms in total. The minimum Gasteiger partial charge on any atom is -0.479 e. The zero-order valence-electron chi connectivity index (χ0n) is 6.98. The summed E-state index contributed by atoms with van der Waals surface area (Å²) in [4.78, 5) is 10.4. The van der Waals surface area contributed by atoms with Crippen molar-refractivity contribution in [2.75, 3.05) is 6.26 Å². The smallest absolute Gasteiger partial charge is 0.334 e. The number of aliphatic carboxylic acids is 1. The maximum absolute atomic E-state index is 10.5. The van der Waals surface area contributed by atoms with Gasteiger partial charge < -0.3 is 5.11 Å². The van der Waals surface area contributed by atoms with Gasteiger partial charge in [-0.3, -0.25) is 4.18 Å². The number of carbonyl (C=O) groups is 1. The van der Waals surface area contributed by atoms with Crippen LogP contribution in [0.5, 0.6) is 0 Å². The number of hydrogen-bond acceptors (Lipinski definition) is 4. The summed E-state index contributed by atoms with van der Waals surface area (Å²) in [7, 11) is -3.67. The first-order valence-electron chi connectivity index (χ1n) is 3.48. The van der Waals surface area contributed by atoms with Crippen molar-refractivity contribution in [2.45, 2.75) is 25.9 Å². The minimum atomic E-state index is -3.67. The van der Waals surface area contributed by atoms with Gasteiger partial charge in [0.15, 0.2) is 6.10 Å². The molecule has 0 aromatic carbocycles. The van der Waals surface area contributed by atoms with Crippen LogP contribution in [0.15, 0.2) is 0 Å². The van der Waals surface area contributed by atoms with E-state index in [2.05, 4.69) is 4.18 Å². The lowest BCUT2D eigenvalue weighted by Gasteiger charge is -2.09. The van der Waals surface area contributed by atoms with Crippen molar-refractivity contribution >= 4 is 16.1 Å². The third-order valence-electron chi connectivity index (χ3n) is 1.12. The summed E-state index contributed by atoms with van der Waals surface area (Å²) in [5.41, 5.74) is 0. The largest absolute Gasteiger partial charge is 0.479 e. The molecule has 0 radical (unpaired) electrons. The number of carboxylic acid groups (broad SMARTS) is 1. The van der Waals surface area contributed by atoms with Gasteiger partial charge in [0.25, 0.3) is 10.1 Å². The first-order valence-corrected chi connectivity index (χ1v) is 5.29. The third-order valence-corrected chi connectivity index (χ3v) is 1.70. The molecule has 0 saturated heterocycles. The van der Waals surface area contributed by atoms with Gasteiger partial charge in [-0.2, -0.15) is 8.42 Å². The molecule has 1 unspecified atom stereocenters. The highest BCUT2D eigenvalue weighted by Crippen LogP contribution is 2.05. The molecular weight excluding hydrogens is 184 g/mol. The van der Waals surface area contributed by atoms with E-state index in [4.69, 9.17) is 5.11 Å². The Balaban J connectivity index is 4.24. The van der Waals surface area contributed by atoms with Crippen LogP contribution in [0.3, 0.4) is 0 Å². The molecule has 0 heterocycles. The van der Waals surface area contributed by atoms with Crippen molar-refractivity contribution in [3.8, 4) is 0 Å². The normalized spacial score (nSPS) is 14.2.